The van der Waals surface area contributed by atoms with Crippen LogP contribution in [0.25, 0.3) is 0 Å². The van der Waals surface area contributed by atoms with E-state index < -0.39 is 15.9 Å². The van der Waals surface area contributed by atoms with Crippen LogP contribution in [-0.4, -0.2) is 47.7 Å². The van der Waals surface area contributed by atoms with Crippen LogP contribution in [0.5, 0.6) is 0 Å². The van der Waals surface area contributed by atoms with Crippen LogP contribution in [0.4, 0.5) is 0 Å². The van der Waals surface area contributed by atoms with Gasteiger partial charge in [0, 0.05) is 18.7 Å². The van der Waals surface area contributed by atoms with Crippen molar-refractivity contribution in [1.29, 1.82) is 0 Å². The van der Waals surface area contributed by atoms with E-state index in [2.05, 4.69) is 15.6 Å². The topological polar surface area (TPSA) is 96.7 Å². The summed E-state index contributed by atoms with van der Waals surface area (Å²) in [6.07, 6.45) is 3.13. The van der Waals surface area contributed by atoms with Crippen LogP contribution in [0.1, 0.15) is 40.0 Å². The van der Waals surface area contributed by atoms with Gasteiger partial charge in [0.2, 0.25) is 10.0 Å². The maximum absolute atomic E-state index is 12.8. The lowest BCUT2D eigenvalue weighted by molar-refractivity contribution is 0.0955. The monoisotopic (exact) mass is 485 g/mol. The van der Waals surface area contributed by atoms with E-state index in [1.54, 1.807) is 16.8 Å². The van der Waals surface area contributed by atoms with Gasteiger partial charge in [-0.3, -0.25) is 4.79 Å². The molecule has 1 aliphatic rings. The van der Waals surface area contributed by atoms with Crippen LogP contribution in [0.3, 0.4) is 0 Å². The van der Waals surface area contributed by atoms with E-state index in [1.807, 2.05) is 37.3 Å². The molecule has 0 saturated carbocycles. The van der Waals surface area contributed by atoms with Gasteiger partial charge in [0.15, 0.2) is 0 Å². The first kappa shape index (κ1) is 23.2. The third kappa shape index (κ3) is 5.16. The zero-order chi connectivity index (χ0) is 23.4. The molecule has 3 aromatic rings. The third-order valence-electron chi connectivity index (χ3n) is 5.44. The molecule has 1 aliphatic heterocycles. The van der Waals surface area contributed by atoms with Crippen molar-refractivity contribution in [3.8, 4) is 0 Å². The average molecular weight is 486 g/mol. The van der Waals surface area contributed by atoms with Gasteiger partial charge in [0.1, 0.15) is 5.15 Å². The lowest BCUT2D eigenvalue weighted by Crippen LogP contribution is -2.28. The van der Waals surface area contributed by atoms with Gasteiger partial charge in [0.05, 0.1) is 28.9 Å². The first-order valence-electron chi connectivity index (χ1n) is 10.6. The van der Waals surface area contributed by atoms with E-state index in [0.717, 1.165) is 18.4 Å². The molecule has 8 nitrogen and oxygen atoms in total. The second-order valence-corrected chi connectivity index (χ2v) is 10.1. The van der Waals surface area contributed by atoms with Crippen molar-refractivity contribution in [2.45, 2.75) is 31.2 Å². The molecular weight excluding hydrogens is 462 g/mol. The Hall–Kier alpha value is -3.01. The summed E-state index contributed by atoms with van der Waals surface area (Å²) in [5.41, 5.74) is 4.97. The Kier molecular flexibility index (Phi) is 6.92. The van der Waals surface area contributed by atoms with Gasteiger partial charge in [-0.1, -0.05) is 48.0 Å². The standard InChI is InChI=1S/C23H24ClN5O3S/c1-17-21(22(24)29(27-17)16-18-8-3-2-4-9-18)15-25-26-23(30)19-10-7-11-20(14-19)33(31,32)28-12-5-6-13-28/h2-4,7-11,14-15H,5-6,12-13,16H2,1H3,(H,26,30)/b25-15+. The Labute approximate surface area is 197 Å². The smallest absolute Gasteiger partial charge is 0.267 e. The number of sulfonamides is 1. The molecule has 1 saturated heterocycles. The molecule has 0 spiro atoms. The van der Waals surface area contributed by atoms with Crippen molar-refractivity contribution in [3.63, 3.8) is 0 Å². The molecule has 1 N–H and O–H groups in total. The van der Waals surface area contributed by atoms with E-state index in [4.69, 9.17) is 11.6 Å². The van der Waals surface area contributed by atoms with Crippen molar-refractivity contribution >= 4 is 33.7 Å². The second kappa shape index (κ2) is 9.86. The fourth-order valence-electron chi connectivity index (χ4n) is 3.67. The zero-order valence-corrected chi connectivity index (χ0v) is 19.7. The van der Waals surface area contributed by atoms with Crippen molar-refractivity contribution in [2.75, 3.05) is 13.1 Å². The van der Waals surface area contributed by atoms with Crippen LogP contribution < -0.4 is 5.43 Å². The van der Waals surface area contributed by atoms with Crippen molar-refractivity contribution in [3.05, 3.63) is 82.1 Å². The molecule has 0 aliphatic carbocycles. The molecule has 172 valence electrons. The number of carbonyl (C=O) groups is 1. The maximum atomic E-state index is 12.8. The summed E-state index contributed by atoms with van der Waals surface area (Å²) in [4.78, 5) is 12.7. The predicted molar refractivity (Wildman–Crippen MR) is 127 cm³/mol. The first-order valence-corrected chi connectivity index (χ1v) is 12.4. The summed E-state index contributed by atoms with van der Waals surface area (Å²) in [6.45, 7) is 3.32. The minimum Gasteiger partial charge on any atom is -0.267 e. The Morgan fingerprint density at radius 2 is 1.88 bits per heavy atom. The lowest BCUT2D eigenvalue weighted by Gasteiger charge is -2.15. The van der Waals surface area contributed by atoms with Gasteiger partial charge in [0.25, 0.3) is 5.91 Å². The molecule has 0 bridgehead atoms. The Bertz CT molecular complexity index is 1280. The van der Waals surface area contributed by atoms with E-state index in [-0.39, 0.29) is 10.5 Å². The van der Waals surface area contributed by atoms with Gasteiger partial charge in [-0.15, -0.1) is 0 Å². The number of hydrazone groups is 1. The summed E-state index contributed by atoms with van der Waals surface area (Å²) >= 11 is 6.47. The number of hydrogen-bond donors (Lipinski definition) is 1. The van der Waals surface area contributed by atoms with E-state index in [0.29, 0.717) is 36.0 Å². The Morgan fingerprint density at radius 3 is 2.61 bits per heavy atom. The SMILES string of the molecule is Cc1nn(Cc2ccccc2)c(Cl)c1/C=N/NC(=O)c1cccc(S(=O)(=O)N2CCCC2)c1. The minimum atomic E-state index is -3.61. The minimum absolute atomic E-state index is 0.0992. The number of aryl methyl sites for hydroxylation is 1. The van der Waals surface area contributed by atoms with Gasteiger partial charge < -0.3 is 0 Å². The molecule has 2 heterocycles. The molecule has 0 atom stereocenters. The summed E-state index contributed by atoms with van der Waals surface area (Å²) in [7, 11) is -3.61. The number of hydrogen-bond acceptors (Lipinski definition) is 5. The number of amides is 1. The molecule has 0 radical (unpaired) electrons. The summed E-state index contributed by atoms with van der Waals surface area (Å²) in [5, 5.41) is 8.86. The van der Waals surface area contributed by atoms with Crippen LogP contribution in [-0.2, 0) is 16.6 Å². The third-order valence-corrected chi connectivity index (χ3v) is 7.74. The Morgan fingerprint density at radius 1 is 1.15 bits per heavy atom. The number of halogens is 1. The summed E-state index contributed by atoms with van der Waals surface area (Å²) in [6, 6.07) is 15.8. The highest BCUT2D eigenvalue weighted by atomic mass is 35.5. The molecule has 10 heteroatoms. The number of nitrogens with one attached hydrogen (secondary N) is 1. The van der Waals surface area contributed by atoms with Crippen molar-refractivity contribution < 1.29 is 13.2 Å². The number of carbonyl (C=O) groups excluding carboxylic acids is 1. The van der Waals surface area contributed by atoms with Crippen molar-refractivity contribution in [1.82, 2.24) is 19.5 Å². The highest BCUT2D eigenvalue weighted by Gasteiger charge is 2.27. The first-order chi connectivity index (χ1) is 15.9. The average Bonchev–Trinajstić information content (AvgIpc) is 3.45. The molecule has 1 aromatic heterocycles. The number of benzene rings is 2. The molecule has 0 unspecified atom stereocenters. The fraction of sp³-hybridized carbons (Fsp3) is 0.261. The van der Waals surface area contributed by atoms with Crippen LogP contribution in [0, 0.1) is 6.92 Å². The highest BCUT2D eigenvalue weighted by Crippen LogP contribution is 2.22. The molecule has 33 heavy (non-hydrogen) atoms. The number of nitrogens with zero attached hydrogens (tertiary/aromatic N) is 4. The molecule has 4 rings (SSSR count). The van der Waals surface area contributed by atoms with Gasteiger partial charge in [-0.25, -0.2) is 18.5 Å². The highest BCUT2D eigenvalue weighted by molar-refractivity contribution is 7.89. The van der Waals surface area contributed by atoms with Crippen LogP contribution in [0.2, 0.25) is 5.15 Å². The molecular formula is C23H24ClN5O3S. The molecule has 1 fully saturated rings. The largest absolute Gasteiger partial charge is 0.271 e. The van der Waals surface area contributed by atoms with Gasteiger partial charge >= 0.3 is 0 Å². The maximum Gasteiger partial charge on any atom is 0.271 e. The Balaban J connectivity index is 1.46. The number of rotatable bonds is 7. The number of aromatic nitrogens is 2. The fourth-order valence-corrected chi connectivity index (χ4v) is 5.52. The van der Waals surface area contributed by atoms with E-state index in [9.17, 15) is 13.2 Å². The summed E-state index contributed by atoms with van der Waals surface area (Å²) in [5.74, 6) is -0.518. The van der Waals surface area contributed by atoms with E-state index >= 15 is 0 Å². The van der Waals surface area contributed by atoms with E-state index in [1.165, 1.54) is 22.7 Å². The normalized spacial score (nSPS) is 14.7. The predicted octanol–water partition coefficient (Wildman–Crippen LogP) is 3.44. The van der Waals surface area contributed by atoms with Crippen LogP contribution in [0.15, 0.2) is 64.6 Å². The second-order valence-electron chi connectivity index (χ2n) is 7.77. The van der Waals surface area contributed by atoms with Crippen molar-refractivity contribution in [2.24, 2.45) is 5.10 Å². The summed E-state index contributed by atoms with van der Waals surface area (Å²) < 4.78 is 28.6. The van der Waals surface area contributed by atoms with Gasteiger partial charge in [-0.2, -0.15) is 14.5 Å². The molecule has 2 aromatic carbocycles. The van der Waals surface area contributed by atoms with Crippen LogP contribution >= 0.6 is 11.6 Å². The van der Waals surface area contributed by atoms with Gasteiger partial charge in [-0.05, 0) is 43.5 Å². The zero-order valence-electron chi connectivity index (χ0n) is 18.1. The quantitative estimate of drug-likeness (QED) is 0.409. The molecule has 1 amide bonds. The lowest BCUT2D eigenvalue weighted by atomic mass is 10.2.